The first-order chi connectivity index (χ1) is 14.5. The fourth-order valence-electron chi connectivity index (χ4n) is 3.77. The van der Waals surface area contributed by atoms with E-state index in [0.717, 1.165) is 49.1 Å². The Balaban J connectivity index is 1.43. The van der Waals surface area contributed by atoms with E-state index in [1.165, 1.54) is 11.1 Å². The molecule has 0 saturated heterocycles. The lowest BCUT2D eigenvalue weighted by Gasteiger charge is -2.10. The Morgan fingerprint density at radius 2 is 1.73 bits per heavy atom. The van der Waals surface area contributed by atoms with E-state index in [0.29, 0.717) is 30.4 Å². The first kappa shape index (κ1) is 22.0. The van der Waals surface area contributed by atoms with Crippen LogP contribution in [0.5, 0.6) is 0 Å². The molecular formula is C27H33NO2. The zero-order chi connectivity index (χ0) is 21.3. The van der Waals surface area contributed by atoms with Gasteiger partial charge in [0.15, 0.2) is 0 Å². The molecule has 1 heterocycles. The summed E-state index contributed by atoms with van der Waals surface area (Å²) in [6.45, 7) is 6.28. The van der Waals surface area contributed by atoms with Crippen LogP contribution in [-0.4, -0.2) is 10.8 Å². The van der Waals surface area contributed by atoms with Crippen molar-refractivity contribution < 1.29 is 9.21 Å². The summed E-state index contributed by atoms with van der Waals surface area (Å²) in [7, 11) is 0. The van der Waals surface area contributed by atoms with Crippen LogP contribution >= 0.6 is 0 Å². The molecule has 3 aromatic rings. The zero-order valence-electron chi connectivity index (χ0n) is 18.5. The van der Waals surface area contributed by atoms with Gasteiger partial charge in [-0.05, 0) is 68.2 Å². The molecular weight excluding hydrogens is 370 g/mol. The number of hydrogen-bond donors (Lipinski definition) is 0. The molecule has 30 heavy (non-hydrogen) atoms. The summed E-state index contributed by atoms with van der Waals surface area (Å²) in [6.07, 6.45) is 6.00. The Bertz CT molecular complexity index is 925. The van der Waals surface area contributed by atoms with E-state index in [1.54, 1.807) is 0 Å². The summed E-state index contributed by atoms with van der Waals surface area (Å²) in [4.78, 5) is 17.1. The molecule has 1 aromatic heterocycles. The van der Waals surface area contributed by atoms with Crippen LogP contribution in [0.1, 0.15) is 62.1 Å². The van der Waals surface area contributed by atoms with Crippen LogP contribution in [0, 0.1) is 12.8 Å². The molecule has 0 aliphatic carbocycles. The molecule has 0 radical (unpaired) electrons. The molecule has 0 saturated carbocycles. The van der Waals surface area contributed by atoms with Crippen LogP contribution in [0.2, 0.25) is 0 Å². The van der Waals surface area contributed by atoms with Gasteiger partial charge in [0.25, 0.3) is 0 Å². The maximum absolute atomic E-state index is 12.4. The van der Waals surface area contributed by atoms with Crippen molar-refractivity contribution in [3.63, 3.8) is 0 Å². The predicted molar refractivity (Wildman–Crippen MR) is 123 cm³/mol. The van der Waals surface area contributed by atoms with E-state index in [9.17, 15) is 4.79 Å². The summed E-state index contributed by atoms with van der Waals surface area (Å²) >= 11 is 0. The number of aromatic nitrogens is 1. The number of hydrogen-bond acceptors (Lipinski definition) is 3. The number of ketones is 1. The first-order valence-corrected chi connectivity index (χ1v) is 11.2. The predicted octanol–water partition coefficient (Wildman–Crippen LogP) is 6.76. The second-order valence-corrected chi connectivity index (χ2v) is 8.30. The standard InChI is InChI=1S/C27H33NO2/c1-4-22-15-17-24(18-16-22)27-28-26(21(3)30-27)12-8-11-25(29)19-20(2)13-14-23-9-6-5-7-10-23/h5-7,9-10,15-18,20H,4,8,11-14,19H2,1-3H3. The fourth-order valence-corrected chi connectivity index (χ4v) is 3.77. The van der Waals surface area contributed by atoms with Gasteiger partial charge in [-0.25, -0.2) is 4.98 Å². The first-order valence-electron chi connectivity index (χ1n) is 11.2. The summed E-state index contributed by atoms with van der Waals surface area (Å²) < 4.78 is 5.87. The van der Waals surface area contributed by atoms with Gasteiger partial charge in [0.2, 0.25) is 5.89 Å². The van der Waals surface area contributed by atoms with E-state index >= 15 is 0 Å². The van der Waals surface area contributed by atoms with Crippen LogP contribution in [-0.2, 0) is 24.1 Å². The summed E-state index contributed by atoms with van der Waals surface area (Å²) in [5, 5.41) is 0. The van der Waals surface area contributed by atoms with Crippen molar-refractivity contribution in [2.24, 2.45) is 5.92 Å². The minimum absolute atomic E-state index is 0.354. The minimum Gasteiger partial charge on any atom is -0.441 e. The Labute approximate surface area is 180 Å². The fraction of sp³-hybridized carbons (Fsp3) is 0.407. The Hall–Kier alpha value is -2.68. The number of benzene rings is 2. The van der Waals surface area contributed by atoms with Crippen molar-refractivity contribution in [1.82, 2.24) is 4.98 Å². The number of rotatable bonds is 11. The average molecular weight is 404 g/mol. The highest BCUT2D eigenvalue weighted by Crippen LogP contribution is 2.23. The third-order valence-corrected chi connectivity index (χ3v) is 5.72. The number of oxazole rings is 1. The molecule has 1 unspecified atom stereocenters. The van der Waals surface area contributed by atoms with Gasteiger partial charge in [-0.2, -0.15) is 0 Å². The van der Waals surface area contributed by atoms with Gasteiger partial charge >= 0.3 is 0 Å². The Morgan fingerprint density at radius 1 is 1.00 bits per heavy atom. The van der Waals surface area contributed by atoms with Crippen LogP contribution in [0.15, 0.2) is 59.0 Å². The molecule has 0 spiro atoms. The van der Waals surface area contributed by atoms with Crippen molar-refractivity contribution in [1.29, 1.82) is 0 Å². The lowest BCUT2D eigenvalue weighted by molar-refractivity contribution is -0.120. The summed E-state index contributed by atoms with van der Waals surface area (Å²) in [5.74, 6) is 2.30. The maximum Gasteiger partial charge on any atom is 0.226 e. The second-order valence-electron chi connectivity index (χ2n) is 8.30. The van der Waals surface area contributed by atoms with Gasteiger partial charge in [0.1, 0.15) is 11.5 Å². The Kier molecular flexibility index (Phi) is 8.01. The largest absolute Gasteiger partial charge is 0.441 e. The lowest BCUT2D eigenvalue weighted by atomic mass is 9.94. The molecule has 3 nitrogen and oxygen atoms in total. The van der Waals surface area contributed by atoms with Crippen LogP contribution in [0.4, 0.5) is 0 Å². The highest BCUT2D eigenvalue weighted by Gasteiger charge is 2.13. The molecule has 3 heteroatoms. The molecule has 0 bridgehead atoms. The quantitative estimate of drug-likeness (QED) is 0.355. The number of carbonyl (C=O) groups is 1. The third-order valence-electron chi connectivity index (χ3n) is 5.72. The topological polar surface area (TPSA) is 43.1 Å². The van der Waals surface area contributed by atoms with Crippen molar-refractivity contribution in [2.75, 3.05) is 0 Å². The lowest BCUT2D eigenvalue weighted by Crippen LogP contribution is -2.07. The van der Waals surface area contributed by atoms with Gasteiger partial charge in [-0.15, -0.1) is 0 Å². The van der Waals surface area contributed by atoms with E-state index in [4.69, 9.17) is 4.42 Å². The Morgan fingerprint density at radius 3 is 2.43 bits per heavy atom. The van der Waals surface area contributed by atoms with Gasteiger partial charge in [-0.1, -0.05) is 56.3 Å². The zero-order valence-corrected chi connectivity index (χ0v) is 18.5. The molecule has 0 fully saturated rings. The minimum atomic E-state index is 0.354. The highest BCUT2D eigenvalue weighted by molar-refractivity contribution is 5.78. The number of carbonyl (C=O) groups excluding carboxylic acids is 1. The molecule has 0 amide bonds. The van der Waals surface area contributed by atoms with Gasteiger partial charge in [-0.3, -0.25) is 4.79 Å². The van der Waals surface area contributed by atoms with Crippen LogP contribution in [0.3, 0.4) is 0 Å². The summed E-state index contributed by atoms with van der Waals surface area (Å²) in [5.41, 5.74) is 4.62. The average Bonchev–Trinajstić information content (AvgIpc) is 3.13. The van der Waals surface area contributed by atoms with E-state index < -0.39 is 0 Å². The van der Waals surface area contributed by atoms with Crippen molar-refractivity contribution in [2.45, 2.75) is 65.7 Å². The molecule has 2 aromatic carbocycles. The molecule has 1 atom stereocenters. The third kappa shape index (κ3) is 6.41. The van der Waals surface area contributed by atoms with E-state index in [1.807, 2.05) is 13.0 Å². The number of Topliss-reactive ketones (excluding diaryl/α,β-unsaturated/α-hetero) is 1. The molecule has 3 rings (SSSR count). The molecule has 0 aliphatic rings. The summed E-state index contributed by atoms with van der Waals surface area (Å²) in [6, 6.07) is 18.9. The highest BCUT2D eigenvalue weighted by atomic mass is 16.4. The maximum atomic E-state index is 12.4. The van der Waals surface area contributed by atoms with Crippen LogP contribution < -0.4 is 0 Å². The molecule has 158 valence electrons. The van der Waals surface area contributed by atoms with Crippen LogP contribution in [0.25, 0.3) is 11.5 Å². The smallest absolute Gasteiger partial charge is 0.226 e. The van der Waals surface area contributed by atoms with Crippen molar-refractivity contribution >= 4 is 5.78 Å². The second kappa shape index (κ2) is 10.9. The number of nitrogens with zero attached hydrogens (tertiary/aromatic N) is 1. The normalized spacial score (nSPS) is 12.1. The number of aryl methyl sites for hydroxylation is 4. The SMILES string of the molecule is CCc1ccc(-c2nc(CCCC(=O)CC(C)CCc3ccccc3)c(C)o2)cc1. The van der Waals surface area contributed by atoms with Crippen molar-refractivity contribution in [3.05, 3.63) is 77.2 Å². The van der Waals surface area contributed by atoms with Gasteiger partial charge in [0.05, 0.1) is 5.69 Å². The molecule has 0 N–H and O–H groups in total. The van der Waals surface area contributed by atoms with Gasteiger partial charge in [0, 0.05) is 18.4 Å². The van der Waals surface area contributed by atoms with Gasteiger partial charge < -0.3 is 4.42 Å². The van der Waals surface area contributed by atoms with E-state index in [-0.39, 0.29) is 0 Å². The van der Waals surface area contributed by atoms with Crippen molar-refractivity contribution in [3.8, 4) is 11.5 Å². The monoisotopic (exact) mass is 403 g/mol. The van der Waals surface area contributed by atoms with E-state index in [2.05, 4.69) is 67.4 Å². The molecule has 0 aliphatic heterocycles.